The first-order valence-electron chi connectivity index (χ1n) is 6.87. The van der Waals surface area contributed by atoms with Gasteiger partial charge in [-0.1, -0.05) is 0 Å². The van der Waals surface area contributed by atoms with Crippen LogP contribution in [-0.2, 0) is 4.79 Å². The summed E-state index contributed by atoms with van der Waals surface area (Å²) in [5, 5.41) is 13.5. The second kappa shape index (κ2) is 6.53. The number of carbonyl (C=O) groups excluding carboxylic acids is 1. The van der Waals surface area contributed by atoms with E-state index in [0.29, 0.717) is 5.75 Å². The summed E-state index contributed by atoms with van der Waals surface area (Å²) >= 11 is 0. The number of nitrogens with one attached hydrogen (secondary N) is 1. The molecule has 1 N–H and O–H groups in total. The highest BCUT2D eigenvalue weighted by Crippen LogP contribution is 2.30. The minimum atomic E-state index is -0.523. The largest absolute Gasteiger partial charge is 0.489 e. The van der Waals surface area contributed by atoms with Crippen LogP contribution in [0, 0.1) is 10.1 Å². The average Bonchev–Trinajstić information content (AvgIpc) is 2.39. The van der Waals surface area contributed by atoms with Crippen molar-refractivity contribution in [2.45, 2.75) is 25.9 Å². The van der Waals surface area contributed by atoms with Gasteiger partial charge < -0.3 is 15.0 Å². The summed E-state index contributed by atoms with van der Waals surface area (Å²) in [6.45, 7) is 3.16. The molecule has 1 aromatic rings. The van der Waals surface area contributed by atoms with E-state index in [9.17, 15) is 14.9 Å². The van der Waals surface area contributed by atoms with Gasteiger partial charge in [0.2, 0.25) is 5.91 Å². The molecule has 1 fully saturated rings. The number of benzene rings is 1. The number of hydrogen-bond acceptors (Lipinski definition) is 5. The van der Waals surface area contributed by atoms with Crippen LogP contribution < -0.4 is 10.1 Å². The van der Waals surface area contributed by atoms with Crippen LogP contribution in [0.5, 0.6) is 5.75 Å². The van der Waals surface area contributed by atoms with Crippen molar-refractivity contribution in [1.29, 1.82) is 0 Å². The van der Waals surface area contributed by atoms with E-state index < -0.39 is 4.92 Å². The summed E-state index contributed by atoms with van der Waals surface area (Å²) in [6.07, 6.45) is 2.02. The molecule has 1 aliphatic rings. The molecule has 7 nitrogen and oxygen atoms in total. The van der Waals surface area contributed by atoms with Crippen LogP contribution in [0.3, 0.4) is 0 Å². The molecule has 1 atom stereocenters. The SMILES string of the molecule is CC(=O)Nc1ccc(OC2CCCN(C)C2)cc1[N+](=O)[O-]. The molecular weight excluding hydrogens is 274 g/mol. The highest BCUT2D eigenvalue weighted by atomic mass is 16.6. The van der Waals surface area contributed by atoms with Gasteiger partial charge in [0.15, 0.2) is 0 Å². The molecule has 0 spiro atoms. The maximum Gasteiger partial charge on any atom is 0.296 e. The monoisotopic (exact) mass is 293 g/mol. The van der Waals surface area contributed by atoms with Gasteiger partial charge in [0.25, 0.3) is 5.69 Å². The van der Waals surface area contributed by atoms with Crippen molar-refractivity contribution in [1.82, 2.24) is 4.90 Å². The maximum absolute atomic E-state index is 11.1. The molecule has 7 heteroatoms. The fourth-order valence-electron chi connectivity index (χ4n) is 2.44. The number of piperidine rings is 1. The van der Waals surface area contributed by atoms with Crippen LogP contribution in [-0.4, -0.2) is 42.0 Å². The Morgan fingerprint density at radius 3 is 2.90 bits per heavy atom. The quantitative estimate of drug-likeness (QED) is 0.678. The van der Waals surface area contributed by atoms with Gasteiger partial charge in [0, 0.05) is 13.5 Å². The Labute approximate surface area is 123 Å². The summed E-state index contributed by atoms with van der Waals surface area (Å²) in [4.78, 5) is 23.8. The molecule has 1 aromatic carbocycles. The van der Waals surface area contributed by atoms with Gasteiger partial charge in [-0.25, -0.2) is 0 Å². The molecule has 0 bridgehead atoms. The van der Waals surface area contributed by atoms with Gasteiger partial charge in [-0.15, -0.1) is 0 Å². The summed E-state index contributed by atoms with van der Waals surface area (Å²) < 4.78 is 5.82. The lowest BCUT2D eigenvalue weighted by atomic mass is 10.1. The lowest BCUT2D eigenvalue weighted by Crippen LogP contribution is -2.38. The van der Waals surface area contributed by atoms with Crippen molar-refractivity contribution < 1.29 is 14.5 Å². The number of anilines is 1. The molecule has 21 heavy (non-hydrogen) atoms. The number of ether oxygens (including phenoxy) is 1. The predicted molar refractivity (Wildman–Crippen MR) is 78.5 cm³/mol. The molecule has 0 radical (unpaired) electrons. The van der Waals surface area contributed by atoms with Gasteiger partial charge in [-0.2, -0.15) is 0 Å². The van der Waals surface area contributed by atoms with Crippen LogP contribution in [0.25, 0.3) is 0 Å². The van der Waals surface area contributed by atoms with Crippen LogP contribution in [0.2, 0.25) is 0 Å². The fourth-order valence-corrected chi connectivity index (χ4v) is 2.44. The van der Waals surface area contributed by atoms with Crippen molar-refractivity contribution in [2.24, 2.45) is 0 Å². The third-order valence-electron chi connectivity index (χ3n) is 3.36. The number of nitrogens with zero attached hydrogens (tertiary/aromatic N) is 2. The number of likely N-dealkylation sites (N-methyl/N-ethyl adjacent to an activating group) is 1. The Morgan fingerprint density at radius 2 is 2.29 bits per heavy atom. The van der Waals surface area contributed by atoms with E-state index in [1.165, 1.54) is 19.1 Å². The van der Waals surface area contributed by atoms with Crippen molar-refractivity contribution in [3.8, 4) is 5.75 Å². The highest BCUT2D eigenvalue weighted by Gasteiger charge is 2.21. The number of rotatable bonds is 4. The Hall–Kier alpha value is -2.15. The third kappa shape index (κ3) is 4.16. The first-order chi connectivity index (χ1) is 9.95. The van der Waals surface area contributed by atoms with E-state index in [-0.39, 0.29) is 23.4 Å². The summed E-state index contributed by atoms with van der Waals surface area (Å²) in [7, 11) is 2.03. The van der Waals surface area contributed by atoms with E-state index in [2.05, 4.69) is 10.2 Å². The zero-order valence-electron chi connectivity index (χ0n) is 12.2. The van der Waals surface area contributed by atoms with Gasteiger partial charge in [0.05, 0.1) is 11.0 Å². The number of amides is 1. The summed E-state index contributed by atoms with van der Waals surface area (Å²) in [6, 6.07) is 4.51. The topological polar surface area (TPSA) is 84.7 Å². The van der Waals surface area contributed by atoms with E-state index in [0.717, 1.165) is 25.9 Å². The molecule has 0 aliphatic carbocycles. The first-order valence-corrected chi connectivity index (χ1v) is 6.87. The number of nitro groups is 1. The van der Waals surface area contributed by atoms with E-state index in [4.69, 9.17) is 4.74 Å². The second-order valence-corrected chi connectivity index (χ2v) is 5.26. The van der Waals surface area contributed by atoms with Crippen molar-refractivity contribution in [3.05, 3.63) is 28.3 Å². The molecule has 114 valence electrons. The molecule has 1 saturated heterocycles. The van der Waals surface area contributed by atoms with Crippen LogP contribution >= 0.6 is 0 Å². The van der Waals surface area contributed by atoms with Gasteiger partial charge >= 0.3 is 0 Å². The zero-order valence-corrected chi connectivity index (χ0v) is 12.2. The van der Waals surface area contributed by atoms with E-state index in [1.54, 1.807) is 6.07 Å². The van der Waals surface area contributed by atoms with Gasteiger partial charge in [0.1, 0.15) is 17.5 Å². The first kappa shape index (κ1) is 15.2. The van der Waals surface area contributed by atoms with Crippen LogP contribution in [0.15, 0.2) is 18.2 Å². The maximum atomic E-state index is 11.1. The Balaban J connectivity index is 2.15. The minimum absolute atomic E-state index is 0.0370. The number of likely N-dealkylation sites (tertiary alicyclic amines) is 1. The standard InChI is InChI=1S/C14H19N3O4/c1-10(18)15-13-6-5-11(8-14(13)17(19)20)21-12-4-3-7-16(2)9-12/h5-6,8,12H,3-4,7,9H2,1-2H3,(H,15,18). The smallest absolute Gasteiger partial charge is 0.296 e. The van der Waals surface area contributed by atoms with Crippen molar-refractivity contribution in [2.75, 3.05) is 25.5 Å². The molecular formula is C14H19N3O4. The second-order valence-electron chi connectivity index (χ2n) is 5.26. The molecule has 0 aromatic heterocycles. The summed E-state index contributed by atoms with van der Waals surface area (Å²) in [5.74, 6) is 0.108. The van der Waals surface area contributed by atoms with Crippen LogP contribution in [0.1, 0.15) is 19.8 Å². The predicted octanol–water partition coefficient (Wildman–Crippen LogP) is 2.03. The molecule has 1 heterocycles. The van der Waals surface area contributed by atoms with Gasteiger partial charge in [-0.05, 0) is 38.6 Å². The third-order valence-corrected chi connectivity index (χ3v) is 3.36. The molecule has 1 unspecified atom stereocenters. The summed E-state index contributed by atoms with van der Waals surface area (Å²) in [5.41, 5.74) is 0.0208. The van der Waals surface area contributed by atoms with Crippen LogP contribution in [0.4, 0.5) is 11.4 Å². The van der Waals surface area contributed by atoms with E-state index in [1.807, 2.05) is 7.05 Å². The lowest BCUT2D eigenvalue weighted by Gasteiger charge is -2.30. The highest BCUT2D eigenvalue weighted by molar-refractivity contribution is 5.91. The number of hydrogen-bond donors (Lipinski definition) is 1. The molecule has 0 saturated carbocycles. The van der Waals surface area contributed by atoms with Crippen molar-refractivity contribution >= 4 is 17.3 Å². The normalized spacial score (nSPS) is 19.0. The number of carbonyl (C=O) groups is 1. The number of nitro benzene ring substituents is 1. The van der Waals surface area contributed by atoms with Crippen molar-refractivity contribution in [3.63, 3.8) is 0 Å². The molecule has 1 amide bonds. The molecule has 1 aliphatic heterocycles. The van der Waals surface area contributed by atoms with E-state index >= 15 is 0 Å². The zero-order chi connectivity index (χ0) is 15.4. The Bertz CT molecular complexity index is 547. The molecule has 2 rings (SSSR count). The lowest BCUT2D eigenvalue weighted by molar-refractivity contribution is -0.384. The minimum Gasteiger partial charge on any atom is -0.489 e. The Kier molecular flexibility index (Phi) is 4.74. The Morgan fingerprint density at radius 1 is 1.52 bits per heavy atom. The fraction of sp³-hybridized carbons (Fsp3) is 0.500. The van der Waals surface area contributed by atoms with Gasteiger partial charge in [-0.3, -0.25) is 14.9 Å². The average molecular weight is 293 g/mol.